The monoisotopic (exact) mass is 378 g/mol. The summed E-state index contributed by atoms with van der Waals surface area (Å²) in [6.45, 7) is 9.22. The Morgan fingerprint density at radius 1 is 1.07 bits per heavy atom. The Hall–Kier alpha value is -3.15. The molecule has 0 spiro atoms. The minimum Gasteiger partial charge on any atom is -0.350 e. The van der Waals surface area contributed by atoms with Crippen molar-refractivity contribution < 1.29 is 9.59 Å². The molecule has 0 saturated heterocycles. The molecular weight excluding hydrogens is 352 g/mol. The van der Waals surface area contributed by atoms with Crippen LogP contribution in [0, 0.1) is 0 Å². The second-order valence-corrected chi connectivity index (χ2v) is 7.97. The first kappa shape index (κ1) is 19.6. The first-order chi connectivity index (χ1) is 13.2. The molecule has 3 rings (SSSR count). The van der Waals surface area contributed by atoms with Crippen molar-refractivity contribution >= 4 is 28.5 Å². The topological polar surface area (TPSA) is 76.0 Å². The number of carbonyl (C=O) groups excluding carboxylic acids is 2. The summed E-state index contributed by atoms with van der Waals surface area (Å²) in [7, 11) is 0. The van der Waals surface area contributed by atoms with Crippen LogP contribution in [0.4, 0.5) is 5.69 Å². The van der Waals surface area contributed by atoms with Crippen LogP contribution in [0.15, 0.2) is 48.5 Å². The van der Waals surface area contributed by atoms with E-state index in [1.165, 1.54) is 6.92 Å². The highest BCUT2D eigenvalue weighted by Crippen LogP contribution is 2.30. The summed E-state index contributed by atoms with van der Waals surface area (Å²) < 4.78 is 1.95. The van der Waals surface area contributed by atoms with E-state index in [2.05, 4.69) is 10.6 Å². The summed E-state index contributed by atoms with van der Waals surface area (Å²) in [5.74, 6) is 0.475. The molecule has 0 aliphatic carbocycles. The molecule has 146 valence electrons. The Morgan fingerprint density at radius 2 is 1.79 bits per heavy atom. The van der Waals surface area contributed by atoms with Gasteiger partial charge in [0, 0.05) is 23.7 Å². The van der Waals surface area contributed by atoms with Crippen molar-refractivity contribution in [1.82, 2.24) is 14.9 Å². The van der Waals surface area contributed by atoms with Gasteiger partial charge in [-0.1, -0.05) is 24.3 Å². The average Bonchev–Trinajstić information content (AvgIpc) is 2.98. The smallest absolute Gasteiger partial charge is 0.243 e. The SMILES string of the molecule is CC(=O)Nc1cccc(-c2nc3ccccc3n2C(C)C(=O)NC(C)(C)C)c1. The van der Waals surface area contributed by atoms with Crippen molar-refractivity contribution in [1.29, 1.82) is 0 Å². The summed E-state index contributed by atoms with van der Waals surface area (Å²) in [6, 6.07) is 14.8. The van der Waals surface area contributed by atoms with E-state index in [1.54, 1.807) is 0 Å². The number of nitrogens with one attached hydrogen (secondary N) is 2. The number of fused-ring (bicyclic) bond motifs is 1. The van der Waals surface area contributed by atoms with Gasteiger partial charge in [-0.15, -0.1) is 0 Å². The molecule has 0 aliphatic heterocycles. The third-order valence-corrected chi connectivity index (χ3v) is 4.30. The number of carbonyl (C=O) groups is 2. The van der Waals surface area contributed by atoms with Crippen LogP contribution in [0.25, 0.3) is 22.4 Å². The minimum atomic E-state index is -0.453. The number of benzene rings is 2. The Labute approximate surface area is 165 Å². The standard InChI is InChI=1S/C22H26N4O2/c1-14(21(28)25-22(3,4)5)26-19-12-7-6-11-18(19)24-20(26)16-9-8-10-17(13-16)23-15(2)27/h6-14H,1-5H3,(H,23,27)(H,25,28). The zero-order chi connectivity index (χ0) is 20.5. The van der Waals surface area contributed by atoms with E-state index in [-0.39, 0.29) is 17.4 Å². The van der Waals surface area contributed by atoms with Crippen molar-refractivity contribution in [3.05, 3.63) is 48.5 Å². The van der Waals surface area contributed by atoms with E-state index in [4.69, 9.17) is 4.98 Å². The highest BCUT2D eigenvalue weighted by atomic mass is 16.2. The van der Waals surface area contributed by atoms with Crippen molar-refractivity contribution in [2.75, 3.05) is 5.32 Å². The molecule has 2 N–H and O–H groups in total. The van der Waals surface area contributed by atoms with Gasteiger partial charge in [-0.25, -0.2) is 4.98 Å². The molecule has 0 bridgehead atoms. The fraction of sp³-hybridized carbons (Fsp3) is 0.318. The maximum Gasteiger partial charge on any atom is 0.243 e. The fourth-order valence-electron chi connectivity index (χ4n) is 3.17. The van der Waals surface area contributed by atoms with Crippen LogP contribution in [-0.4, -0.2) is 26.9 Å². The summed E-state index contributed by atoms with van der Waals surface area (Å²) in [5.41, 5.74) is 2.90. The lowest BCUT2D eigenvalue weighted by atomic mass is 10.1. The molecule has 0 radical (unpaired) electrons. The number of hydrogen-bond donors (Lipinski definition) is 2. The minimum absolute atomic E-state index is 0.0741. The largest absolute Gasteiger partial charge is 0.350 e. The maximum atomic E-state index is 12.9. The number of para-hydroxylation sites is 2. The van der Waals surface area contributed by atoms with Crippen LogP contribution in [0.3, 0.4) is 0 Å². The van der Waals surface area contributed by atoms with E-state index in [0.717, 1.165) is 16.6 Å². The molecule has 2 amide bonds. The van der Waals surface area contributed by atoms with Crippen LogP contribution in [0.1, 0.15) is 40.7 Å². The zero-order valence-electron chi connectivity index (χ0n) is 16.9. The van der Waals surface area contributed by atoms with E-state index in [9.17, 15) is 9.59 Å². The predicted octanol–water partition coefficient (Wildman–Crippen LogP) is 4.14. The Bertz CT molecular complexity index is 1030. The molecule has 0 fully saturated rings. The van der Waals surface area contributed by atoms with Gasteiger partial charge >= 0.3 is 0 Å². The van der Waals surface area contributed by atoms with E-state index >= 15 is 0 Å². The first-order valence-corrected chi connectivity index (χ1v) is 9.33. The number of rotatable bonds is 4. The number of imidazole rings is 1. The molecule has 0 saturated carbocycles. The lowest BCUT2D eigenvalue weighted by molar-refractivity contribution is -0.125. The van der Waals surface area contributed by atoms with Crippen LogP contribution in [-0.2, 0) is 9.59 Å². The Morgan fingerprint density at radius 3 is 2.46 bits per heavy atom. The lowest BCUT2D eigenvalue weighted by Crippen LogP contribution is -2.43. The van der Waals surface area contributed by atoms with Gasteiger partial charge in [0.15, 0.2) is 0 Å². The number of amides is 2. The van der Waals surface area contributed by atoms with Crippen LogP contribution >= 0.6 is 0 Å². The van der Waals surface area contributed by atoms with Crippen molar-refractivity contribution in [3.8, 4) is 11.4 Å². The first-order valence-electron chi connectivity index (χ1n) is 9.33. The van der Waals surface area contributed by atoms with Gasteiger partial charge in [-0.3, -0.25) is 9.59 Å². The second-order valence-electron chi connectivity index (χ2n) is 7.97. The van der Waals surface area contributed by atoms with Gasteiger partial charge in [-0.2, -0.15) is 0 Å². The molecular formula is C22H26N4O2. The van der Waals surface area contributed by atoms with Gasteiger partial charge in [0.25, 0.3) is 0 Å². The second kappa shape index (κ2) is 7.46. The molecule has 2 aromatic carbocycles. The molecule has 6 heteroatoms. The Kier molecular flexibility index (Phi) is 5.23. The van der Waals surface area contributed by atoms with Crippen LogP contribution in [0.5, 0.6) is 0 Å². The third kappa shape index (κ3) is 4.22. The third-order valence-electron chi connectivity index (χ3n) is 4.30. The molecule has 1 heterocycles. The predicted molar refractivity (Wildman–Crippen MR) is 112 cm³/mol. The Balaban J connectivity index is 2.12. The van der Waals surface area contributed by atoms with Gasteiger partial charge in [0.1, 0.15) is 11.9 Å². The number of aromatic nitrogens is 2. The highest BCUT2D eigenvalue weighted by Gasteiger charge is 2.25. The molecule has 28 heavy (non-hydrogen) atoms. The number of nitrogens with zero attached hydrogens (tertiary/aromatic N) is 2. The fourth-order valence-corrected chi connectivity index (χ4v) is 3.17. The summed E-state index contributed by atoms with van der Waals surface area (Å²) in [4.78, 5) is 29.1. The van der Waals surface area contributed by atoms with Crippen molar-refractivity contribution in [2.24, 2.45) is 0 Å². The maximum absolute atomic E-state index is 12.9. The highest BCUT2D eigenvalue weighted by molar-refractivity contribution is 5.90. The normalized spacial score (nSPS) is 12.6. The van der Waals surface area contributed by atoms with E-state index < -0.39 is 6.04 Å². The summed E-state index contributed by atoms with van der Waals surface area (Å²) >= 11 is 0. The average molecular weight is 378 g/mol. The van der Waals surface area contributed by atoms with Crippen molar-refractivity contribution in [2.45, 2.75) is 46.2 Å². The summed E-state index contributed by atoms with van der Waals surface area (Å²) in [5, 5.41) is 5.84. The van der Waals surface area contributed by atoms with Crippen LogP contribution in [0.2, 0.25) is 0 Å². The molecule has 1 aromatic heterocycles. The van der Waals surface area contributed by atoms with Crippen molar-refractivity contribution in [3.63, 3.8) is 0 Å². The molecule has 6 nitrogen and oxygen atoms in total. The number of hydrogen-bond acceptors (Lipinski definition) is 3. The van der Waals surface area contributed by atoms with Gasteiger partial charge in [0.05, 0.1) is 11.0 Å². The lowest BCUT2D eigenvalue weighted by Gasteiger charge is -2.25. The molecule has 1 unspecified atom stereocenters. The van der Waals surface area contributed by atoms with Gasteiger partial charge < -0.3 is 15.2 Å². The number of anilines is 1. The molecule has 0 aliphatic rings. The quantitative estimate of drug-likeness (QED) is 0.716. The van der Waals surface area contributed by atoms with E-state index in [1.807, 2.05) is 80.8 Å². The molecule has 3 aromatic rings. The zero-order valence-corrected chi connectivity index (χ0v) is 16.9. The molecule has 1 atom stereocenters. The summed E-state index contributed by atoms with van der Waals surface area (Å²) in [6.07, 6.45) is 0. The van der Waals surface area contributed by atoms with E-state index in [0.29, 0.717) is 11.5 Å². The van der Waals surface area contributed by atoms with Gasteiger partial charge in [0.2, 0.25) is 11.8 Å². The van der Waals surface area contributed by atoms with Crippen LogP contribution < -0.4 is 10.6 Å². The van der Waals surface area contributed by atoms with Gasteiger partial charge in [-0.05, 0) is 52.0 Å².